The van der Waals surface area contributed by atoms with Crippen molar-refractivity contribution in [3.8, 4) is 0 Å². The summed E-state index contributed by atoms with van der Waals surface area (Å²) >= 11 is 0. The number of anilines is 1. The predicted octanol–water partition coefficient (Wildman–Crippen LogP) is 2.24. The second-order valence-corrected chi connectivity index (χ2v) is 4.59. The number of aliphatic hydroxyl groups is 1. The van der Waals surface area contributed by atoms with E-state index in [-0.39, 0.29) is 6.61 Å². The predicted molar refractivity (Wildman–Crippen MR) is 72.5 cm³/mol. The van der Waals surface area contributed by atoms with E-state index in [1.54, 1.807) is 0 Å². The van der Waals surface area contributed by atoms with E-state index in [1.165, 1.54) is 0 Å². The lowest BCUT2D eigenvalue weighted by molar-refractivity contribution is 0.285. The number of unbranched alkanes of at least 4 members (excludes halogenated alkanes) is 1. The fraction of sp³-hybridized carbons (Fsp3) is 0.500. The van der Waals surface area contributed by atoms with Gasteiger partial charge in [0.1, 0.15) is 0 Å². The average molecular weight is 248 g/mol. The molecule has 1 heterocycles. The maximum Gasteiger partial charge on any atom is 0.0889 e. The number of oxime groups is 1. The molecule has 18 heavy (non-hydrogen) atoms. The molecule has 0 unspecified atom stereocenters. The number of rotatable bonds is 4. The Morgan fingerprint density at radius 1 is 1.22 bits per heavy atom. The smallest absolute Gasteiger partial charge is 0.0889 e. The summed E-state index contributed by atoms with van der Waals surface area (Å²) in [6.45, 7) is 2.16. The van der Waals surface area contributed by atoms with Crippen LogP contribution in [0.25, 0.3) is 0 Å². The number of aliphatic hydroxyl groups excluding tert-OH is 1. The van der Waals surface area contributed by atoms with Crippen LogP contribution in [-0.2, 0) is 0 Å². The third-order valence-electron chi connectivity index (χ3n) is 3.35. The maximum atomic E-state index is 9.10. The van der Waals surface area contributed by atoms with Gasteiger partial charge in [-0.1, -0.05) is 23.4 Å². The fourth-order valence-corrected chi connectivity index (χ4v) is 2.44. The van der Waals surface area contributed by atoms with Gasteiger partial charge in [-0.2, -0.15) is 0 Å². The molecular weight excluding hydrogens is 228 g/mol. The molecule has 0 aliphatic carbocycles. The largest absolute Gasteiger partial charge is 0.411 e. The van der Waals surface area contributed by atoms with Crippen LogP contribution in [0.4, 0.5) is 5.69 Å². The topological polar surface area (TPSA) is 56.1 Å². The Morgan fingerprint density at radius 3 is 2.83 bits per heavy atom. The van der Waals surface area contributed by atoms with Gasteiger partial charge in [-0.25, -0.2) is 0 Å². The summed E-state index contributed by atoms with van der Waals surface area (Å²) in [5, 5.41) is 21.4. The zero-order chi connectivity index (χ0) is 12.8. The van der Waals surface area contributed by atoms with Crippen molar-refractivity contribution in [2.24, 2.45) is 5.16 Å². The van der Waals surface area contributed by atoms with Crippen LogP contribution in [0, 0.1) is 0 Å². The van der Waals surface area contributed by atoms with Crippen molar-refractivity contribution in [3.63, 3.8) is 0 Å². The van der Waals surface area contributed by atoms with Gasteiger partial charge in [0.05, 0.1) is 5.71 Å². The highest BCUT2D eigenvalue weighted by atomic mass is 16.4. The molecule has 0 amide bonds. The van der Waals surface area contributed by atoms with Crippen LogP contribution in [0.15, 0.2) is 29.4 Å². The second-order valence-electron chi connectivity index (χ2n) is 4.59. The Morgan fingerprint density at radius 2 is 2.06 bits per heavy atom. The Kier molecular flexibility index (Phi) is 4.59. The minimum atomic E-state index is 0.249. The molecule has 0 spiro atoms. The molecule has 0 atom stereocenters. The highest BCUT2D eigenvalue weighted by Gasteiger charge is 2.18. The second kappa shape index (κ2) is 6.40. The van der Waals surface area contributed by atoms with Gasteiger partial charge in [-0.3, -0.25) is 0 Å². The maximum absolute atomic E-state index is 9.10. The van der Waals surface area contributed by atoms with Crippen molar-refractivity contribution >= 4 is 11.4 Å². The molecule has 2 rings (SSSR count). The number of benzene rings is 1. The van der Waals surface area contributed by atoms with Crippen LogP contribution in [0.5, 0.6) is 0 Å². The number of hydrogen-bond acceptors (Lipinski definition) is 4. The molecule has 0 radical (unpaired) electrons. The quantitative estimate of drug-likeness (QED) is 0.488. The number of hydrogen-bond donors (Lipinski definition) is 2. The van der Waals surface area contributed by atoms with Gasteiger partial charge in [0.2, 0.25) is 0 Å². The lowest BCUT2D eigenvalue weighted by Gasteiger charge is -2.24. The van der Waals surface area contributed by atoms with E-state index in [4.69, 9.17) is 10.3 Å². The third kappa shape index (κ3) is 2.82. The van der Waals surface area contributed by atoms with Crippen LogP contribution in [0.2, 0.25) is 0 Å². The number of fused-ring (bicyclic) bond motifs is 1. The molecule has 1 aliphatic heterocycles. The minimum absolute atomic E-state index is 0.249. The summed E-state index contributed by atoms with van der Waals surface area (Å²) in [6.07, 6.45) is 3.62. The molecule has 0 saturated heterocycles. The van der Waals surface area contributed by atoms with E-state index < -0.39 is 0 Å². The Bertz CT molecular complexity index is 418. The van der Waals surface area contributed by atoms with Crippen molar-refractivity contribution in [1.82, 2.24) is 0 Å². The van der Waals surface area contributed by atoms with Gasteiger partial charge < -0.3 is 15.2 Å². The first kappa shape index (κ1) is 12.9. The van der Waals surface area contributed by atoms with E-state index in [9.17, 15) is 0 Å². The van der Waals surface area contributed by atoms with Crippen LogP contribution < -0.4 is 4.90 Å². The summed E-state index contributed by atoms with van der Waals surface area (Å²) in [5.74, 6) is 0. The SMILES string of the molecule is OCCCCN1CCC/C(=N/O)c2ccccc21. The lowest BCUT2D eigenvalue weighted by Crippen LogP contribution is -2.25. The highest BCUT2D eigenvalue weighted by Crippen LogP contribution is 2.26. The molecule has 0 saturated carbocycles. The molecule has 2 N–H and O–H groups in total. The molecule has 1 aromatic carbocycles. The summed E-state index contributed by atoms with van der Waals surface area (Å²) in [5.41, 5.74) is 2.94. The molecule has 4 heteroatoms. The molecule has 4 nitrogen and oxygen atoms in total. The Labute approximate surface area is 108 Å². The summed E-state index contributed by atoms with van der Waals surface area (Å²) in [7, 11) is 0. The van der Waals surface area contributed by atoms with E-state index >= 15 is 0 Å². The highest BCUT2D eigenvalue weighted by molar-refractivity contribution is 6.05. The fourth-order valence-electron chi connectivity index (χ4n) is 2.44. The van der Waals surface area contributed by atoms with Crippen LogP contribution in [0.3, 0.4) is 0 Å². The van der Waals surface area contributed by atoms with Crippen molar-refractivity contribution in [2.45, 2.75) is 25.7 Å². The van der Waals surface area contributed by atoms with Gasteiger partial charge in [0.25, 0.3) is 0 Å². The van der Waals surface area contributed by atoms with Crippen LogP contribution in [0.1, 0.15) is 31.2 Å². The number of para-hydroxylation sites is 1. The van der Waals surface area contributed by atoms with Crippen molar-refractivity contribution in [2.75, 3.05) is 24.6 Å². The summed E-state index contributed by atoms with van der Waals surface area (Å²) in [4.78, 5) is 2.32. The van der Waals surface area contributed by atoms with Crippen molar-refractivity contribution in [3.05, 3.63) is 29.8 Å². The van der Waals surface area contributed by atoms with E-state index in [2.05, 4.69) is 16.1 Å². The van der Waals surface area contributed by atoms with E-state index in [1.807, 2.05) is 18.2 Å². The summed E-state index contributed by atoms with van der Waals surface area (Å²) in [6, 6.07) is 8.07. The molecular formula is C14H20N2O2. The van der Waals surface area contributed by atoms with E-state index in [0.29, 0.717) is 0 Å². The van der Waals surface area contributed by atoms with E-state index in [0.717, 1.165) is 55.7 Å². The zero-order valence-electron chi connectivity index (χ0n) is 10.5. The molecule has 1 aromatic rings. The monoisotopic (exact) mass is 248 g/mol. The van der Waals surface area contributed by atoms with Gasteiger partial charge >= 0.3 is 0 Å². The minimum Gasteiger partial charge on any atom is -0.411 e. The Hall–Kier alpha value is -1.55. The first-order valence-corrected chi connectivity index (χ1v) is 6.53. The van der Waals surface area contributed by atoms with Gasteiger partial charge in [0, 0.05) is 30.9 Å². The Balaban J connectivity index is 2.22. The normalized spacial score (nSPS) is 17.6. The van der Waals surface area contributed by atoms with Crippen molar-refractivity contribution < 1.29 is 10.3 Å². The van der Waals surface area contributed by atoms with Crippen LogP contribution in [-0.4, -0.2) is 35.7 Å². The van der Waals surface area contributed by atoms with Gasteiger partial charge in [-0.15, -0.1) is 0 Å². The zero-order valence-corrected chi connectivity index (χ0v) is 10.5. The molecule has 98 valence electrons. The average Bonchev–Trinajstić information content (AvgIpc) is 2.59. The van der Waals surface area contributed by atoms with Crippen LogP contribution >= 0.6 is 0 Å². The number of nitrogens with zero attached hydrogens (tertiary/aromatic N) is 2. The van der Waals surface area contributed by atoms with Gasteiger partial charge in [-0.05, 0) is 31.7 Å². The first-order valence-electron chi connectivity index (χ1n) is 6.53. The molecule has 1 aliphatic rings. The first-order chi connectivity index (χ1) is 8.86. The third-order valence-corrected chi connectivity index (χ3v) is 3.35. The standard InChI is InChI=1S/C14H20N2O2/c17-11-4-3-9-16-10-5-7-13(15-18)12-6-1-2-8-14(12)16/h1-2,6,8,17-18H,3-5,7,9-11H2/b15-13-. The molecule has 0 bridgehead atoms. The molecule has 0 aromatic heterocycles. The van der Waals surface area contributed by atoms with Crippen molar-refractivity contribution in [1.29, 1.82) is 0 Å². The summed E-state index contributed by atoms with van der Waals surface area (Å²) < 4.78 is 0. The molecule has 0 fully saturated rings. The van der Waals surface area contributed by atoms with Gasteiger partial charge in [0.15, 0.2) is 0 Å². The lowest BCUT2D eigenvalue weighted by atomic mass is 10.1.